The number of amides is 1. The molecule has 2 aliphatic heterocycles. The van der Waals surface area contributed by atoms with Crippen molar-refractivity contribution in [3.05, 3.63) is 18.0 Å². The van der Waals surface area contributed by atoms with Crippen LogP contribution in [0.3, 0.4) is 0 Å². The molecule has 3 heterocycles. The summed E-state index contributed by atoms with van der Waals surface area (Å²) in [5, 5.41) is 0.947. The van der Waals surface area contributed by atoms with Gasteiger partial charge in [-0.15, -0.1) is 23.5 Å². The van der Waals surface area contributed by atoms with E-state index >= 15 is 0 Å². The second-order valence-corrected chi connectivity index (χ2v) is 6.96. The summed E-state index contributed by atoms with van der Waals surface area (Å²) in [6, 6.07) is 0. The van der Waals surface area contributed by atoms with Gasteiger partial charge in [0.05, 0.1) is 29.7 Å². The van der Waals surface area contributed by atoms with Gasteiger partial charge in [0.15, 0.2) is 0 Å². The lowest BCUT2D eigenvalue weighted by Gasteiger charge is -2.42. The normalized spacial score (nSPS) is 21.0. The first-order valence-corrected chi connectivity index (χ1v) is 8.73. The molecule has 1 amide bonds. The van der Waals surface area contributed by atoms with E-state index in [0.29, 0.717) is 17.9 Å². The van der Waals surface area contributed by atoms with Crippen LogP contribution in [0.1, 0.15) is 6.42 Å². The van der Waals surface area contributed by atoms with E-state index in [2.05, 4.69) is 8.75 Å². The Morgan fingerprint density at radius 1 is 1.60 bits per heavy atom. The number of nitrogens with zero attached hydrogens (tertiary/aromatic N) is 3. The third-order valence-electron chi connectivity index (χ3n) is 2.85. The summed E-state index contributed by atoms with van der Waals surface area (Å²) in [5.41, 5.74) is 0.394. The minimum Gasteiger partial charge on any atom is -0.460 e. The van der Waals surface area contributed by atoms with Gasteiger partial charge in [-0.05, 0) is 6.08 Å². The molecule has 106 valence electrons. The van der Waals surface area contributed by atoms with Crippen LogP contribution in [0.2, 0.25) is 0 Å². The van der Waals surface area contributed by atoms with Crippen LogP contribution in [0.5, 0.6) is 0 Å². The summed E-state index contributed by atoms with van der Waals surface area (Å²) in [6.07, 6.45) is 3.96. The number of ether oxygens (including phenoxy) is 1. The highest BCUT2D eigenvalue weighted by molar-refractivity contribution is 8.00. The van der Waals surface area contributed by atoms with Gasteiger partial charge in [0.2, 0.25) is 5.91 Å². The Labute approximate surface area is 128 Å². The fourth-order valence-electron chi connectivity index (χ4n) is 1.90. The minimum atomic E-state index is -0.416. The van der Waals surface area contributed by atoms with Crippen molar-refractivity contribution < 1.29 is 14.3 Å². The first kappa shape index (κ1) is 13.9. The van der Waals surface area contributed by atoms with Gasteiger partial charge in [-0.2, -0.15) is 8.75 Å². The van der Waals surface area contributed by atoms with Crippen LogP contribution in [-0.4, -0.2) is 49.0 Å². The van der Waals surface area contributed by atoms with E-state index in [1.807, 2.05) is 0 Å². The first-order valence-electron chi connectivity index (χ1n) is 5.97. The van der Waals surface area contributed by atoms with Gasteiger partial charge in [0.25, 0.3) is 0 Å². The van der Waals surface area contributed by atoms with Gasteiger partial charge >= 0.3 is 5.97 Å². The molecule has 9 heteroatoms. The Morgan fingerprint density at radius 3 is 3.25 bits per heavy atom. The molecule has 2 aliphatic rings. The molecule has 0 unspecified atom stereocenters. The van der Waals surface area contributed by atoms with Crippen LogP contribution in [-0.2, 0) is 14.3 Å². The highest BCUT2D eigenvalue weighted by Crippen LogP contribution is 2.37. The highest BCUT2D eigenvalue weighted by Gasteiger charge is 2.43. The molecule has 0 saturated carbocycles. The number of hydrogen-bond donors (Lipinski definition) is 0. The molecule has 1 saturated heterocycles. The van der Waals surface area contributed by atoms with E-state index in [0.717, 1.165) is 22.5 Å². The fourth-order valence-corrected chi connectivity index (χ4v) is 4.22. The molecule has 1 aromatic rings. The van der Waals surface area contributed by atoms with Crippen molar-refractivity contribution >= 4 is 47.1 Å². The average Bonchev–Trinajstić information content (AvgIpc) is 2.94. The Hall–Kier alpha value is -1.06. The number of β-lactam (4-membered cyclic amide) rings is 1. The van der Waals surface area contributed by atoms with Crippen LogP contribution >= 0.6 is 35.3 Å². The van der Waals surface area contributed by atoms with Crippen molar-refractivity contribution in [1.29, 1.82) is 0 Å². The molecule has 3 rings (SSSR count). The molecular weight excluding hydrogens is 318 g/mol. The second-order valence-electron chi connectivity index (χ2n) is 4.08. The molecule has 0 aliphatic carbocycles. The lowest BCUT2D eigenvalue weighted by atomic mass is 10.1. The quantitative estimate of drug-likeness (QED) is 0.349. The molecule has 20 heavy (non-hydrogen) atoms. The van der Waals surface area contributed by atoms with Gasteiger partial charge in [-0.1, -0.05) is 0 Å². The summed E-state index contributed by atoms with van der Waals surface area (Å²) in [4.78, 5) is 25.0. The molecule has 6 nitrogen and oxygen atoms in total. The van der Waals surface area contributed by atoms with E-state index in [-0.39, 0.29) is 17.9 Å². The minimum absolute atomic E-state index is 0.00618. The van der Waals surface area contributed by atoms with Gasteiger partial charge in [0, 0.05) is 11.5 Å². The molecule has 0 aromatic carbocycles. The Bertz CT molecular complexity index is 546. The third kappa shape index (κ3) is 2.84. The predicted molar refractivity (Wildman–Crippen MR) is 77.4 cm³/mol. The number of esters is 1. The maximum Gasteiger partial charge on any atom is 0.354 e. The van der Waals surface area contributed by atoms with E-state index in [1.54, 1.807) is 24.0 Å². The SMILES string of the molecule is O=C(OCCSc1cnsn1)C1=CCS[C@@H]2CC(=O)N12. The van der Waals surface area contributed by atoms with Gasteiger partial charge < -0.3 is 4.74 Å². The Morgan fingerprint density at radius 2 is 2.50 bits per heavy atom. The van der Waals surface area contributed by atoms with Crippen molar-refractivity contribution in [3.63, 3.8) is 0 Å². The molecule has 0 radical (unpaired) electrons. The van der Waals surface area contributed by atoms with E-state index in [4.69, 9.17) is 4.74 Å². The Kier molecular flexibility index (Phi) is 4.27. The largest absolute Gasteiger partial charge is 0.460 e. The molecule has 0 bridgehead atoms. The zero-order valence-electron chi connectivity index (χ0n) is 10.4. The van der Waals surface area contributed by atoms with E-state index in [1.165, 1.54) is 16.7 Å². The van der Waals surface area contributed by atoms with Crippen LogP contribution in [0.4, 0.5) is 0 Å². The van der Waals surface area contributed by atoms with Crippen LogP contribution in [0, 0.1) is 0 Å². The van der Waals surface area contributed by atoms with E-state index < -0.39 is 5.97 Å². The molecular formula is C11H11N3O3S3. The van der Waals surface area contributed by atoms with Crippen LogP contribution < -0.4 is 0 Å². The topological polar surface area (TPSA) is 72.4 Å². The molecule has 0 N–H and O–H groups in total. The number of carbonyl (C=O) groups is 2. The zero-order valence-corrected chi connectivity index (χ0v) is 12.8. The number of thioether (sulfide) groups is 2. The molecule has 0 spiro atoms. The predicted octanol–water partition coefficient (Wildman–Crippen LogP) is 1.36. The summed E-state index contributed by atoms with van der Waals surface area (Å²) in [7, 11) is 0. The lowest BCUT2D eigenvalue weighted by molar-refractivity contribution is -0.148. The summed E-state index contributed by atoms with van der Waals surface area (Å²) < 4.78 is 13.1. The third-order valence-corrected chi connectivity index (χ3v) is 5.43. The van der Waals surface area contributed by atoms with Gasteiger partial charge in [0.1, 0.15) is 17.3 Å². The van der Waals surface area contributed by atoms with Crippen molar-refractivity contribution in [2.24, 2.45) is 0 Å². The summed E-state index contributed by atoms with van der Waals surface area (Å²) in [5.74, 6) is 0.947. The number of fused-ring (bicyclic) bond motifs is 1. The zero-order chi connectivity index (χ0) is 13.9. The smallest absolute Gasteiger partial charge is 0.354 e. The average molecular weight is 329 g/mol. The van der Waals surface area contributed by atoms with Crippen molar-refractivity contribution in [2.45, 2.75) is 16.8 Å². The monoisotopic (exact) mass is 329 g/mol. The van der Waals surface area contributed by atoms with Gasteiger partial charge in [-0.25, -0.2) is 4.79 Å². The Balaban J connectivity index is 1.47. The number of hydrogen-bond acceptors (Lipinski definition) is 8. The van der Waals surface area contributed by atoms with Crippen molar-refractivity contribution in [1.82, 2.24) is 13.6 Å². The maximum absolute atomic E-state index is 12.0. The standard InChI is InChI=1S/C11H11N3O3S3/c15-9-5-10-14(9)7(1-3-19-10)11(16)17-2-4-18-8-6-12-20-13-8/h1,6,10H,2-5H2/t10-/m1/s1. The number of aromatic nitrogens is 2. The van der Waals surface area contributed by atoms with Gasteiger partial charge in [-0.3, -0.25) is 9.69 Å². The summed E-state index contributed by atoms with van der Waals surface area (Å²) >= 11 is 4.31. The maximum atomic E-state index is 12.0. The second kappa shape index (κ2) is 6.15. The highest BCUT2D eigenvalue weighted by atomic mass is 32.2. The molecule has 1 fully saturated rings. The van der Waals surface area contributed by atoms with Crippen LogP contribution in [0.15, 0.2) is 23.0 Å². The lowest BCUT2D eigenvalue weighted by Crippen LogP contribution is -2.53. The number of carbonyl (C=O) groups excluding carboxylic acids is 2. The van der Waals surface area contributed by atoms with Crippen LogP contribution in [0.25, 0.3) is 0 Å². The fraction of sp³-hybridized carbons (Fsp3) is 0.455. The molecule has 1 atom stereocenters. The summed E-state index contributed by atoms with van der Waals surface area (Å²) in [6.45, 7) is 0.290. The first-order chi connectivity index (χ1) is 9.75. The van der Waals surface area contributed by atoms with Crippen molar-refractivity contribution in [2.75, 3.05) is 18.1 Å². The number of rotatable bonds is 5. The molecule has 1 aromatic heterocycles. The van der Waals surface area contributed by atoms with E-state index in [9.17, 15) is 9.59 Å². The van der Waals surface area contributed by atoms with Crippen molar-refractivity contribution in [3.8, 4) is 0 Å².